The van der Waals surface area contributed by atoms with Crippen LogP contribution >= 0.6 is 0 Å². The van der Waals surface area contributed by atoms with E-state index in [0.717, 1.165) is 30.8 Å². The summed E-state index contributed by atoms with van der Waals surface area (Å²) in [6.07, 6.45) is 3.41. The normalized spacial score (nSPS) is 12.5. The number of pyridine rings is 1. The number of hydrogen-bond donors (Lipinski definition) is 2. The number of nitrogens with zero attached hydrogens (tertiary/aromatic N) is 2. The van der Waals surface area contributed by atoms with E-state index >= 15 is 0 Å². The molecule has 0 saturated heterocycles. The van der Waals surface area contributed by atoms with Gasteiger partial charge in [-0.15, -0.1) is 0 Å². The fourth-order valence-electron chi connectivity index (χ4n) is 1.64. The molecule has 0 saturated carbocycles. The molecule has 4 heteroatoms. The van der Waals surface area contributed by atoms with Crippen molar-refractivity contribution in [2.45, 2.75) is 32.8 Å². The van der Waals surface area contributed by atoms with Gasteiger partial charge in [-0.05, 0) is 25.0 Å². The van der Waals surface area contributed by atoms with Gasteiger partial charge in [0.2, 0.25) is 0 Å². The van der Waals surface area contributed by atoms with E-state index in [2.05, 4.69) is 16.8 Å². The number of unbranched alkanes of at least 4 members (excludes halogenated alkanes) is 1. The Morgan fingerprint density at radius 1 is 1.35 bits per heavy atom. The Balaban J connectivity index is 2.72. The maximum Gasteiger partial charge on any atom is 0.128 e. The number of aliphatic hydroxyl groups excluding tert-OH is 2. The zero-order valence-corrected chi connectivity index (χ0v) is 10.6. The van der Waals surface area contributed by atoms with Crippen LogP contribution in [0.2, 0.25) is 0 Å². The number of rotatable bonds is 7. The van der Waals surface area contributed by atoms with Crippen LogP contribution in [0.25, 0.3) is 0 Å². The largest absolute Gasteiger partial charge is 0.395 e. The molecule has 0 radical (unpaired) electrons. The van der Waals surface area contributed by atoms with Crippen LogP contribution in [0.3, 0.4) is 0 Å². The number of anilines is 1. The first-order chi connectivity index (χ1) is 8.19. The predicted octanol–water partition coefficient (Wildman–Crippen LogP) is 1.73. The summed E-state index contributed by atoms with van der Waals surface area (Å²) in [4.78, 5) is 6.39. The Labute approximate surface area is 103 Å². The highest BCUT2D eigenvalue weighted by Crippen LogP contribution is 2.16. The van der Waals surface area contributed by atoms with Gasteiger partial charge in [0.15, 0.2) is 0 Å². The highest BCUT2D eigenvalue weighted by molar-refractivity contribution is 5.39. The highest BCUT2D eigenvalue weighted by Gasteiger charge is 2.08. The van der Waals surface area contributed by atoms with Crippen LogP contribution in [0.1, 0.15) is 38.4 Å². The minimum absolute atomic E-state index is 0.129. The van der Waals surface area contributed by atoms with E-state index in [1.54, 1.807) is 13.1 Å². The third-order valence-corrected chi connectivity index (χ3v) is 2.73. The fourth-order valence-corrected chi connectivity index (χ4v) is 1.64. The summed E-state index contributed by atoms with van der Waals surface area (Å²) in [6, 6.07) is 3.77. The molecule has 17 heavy (non-hydrogen) atoms. The third-order valence-electron chi connectivity index (χ3n) is 2.73. The van der Waals surface area contributed by atoms with Crippen LogP contribution in [0, 0.1) is 0 Å². The number of hydrogen-bond acceptors (Lipinski definition) is 4. The lowest BCUT2D eigenvalue weighted by Gasteiger charge is -2.22. The SMILES string of the molecule is CCCCN(CCO)c1ccc([C@@H](C)O)cn1. The number of aromatic nitrogens is 1. The topological polar surface area (TPSA) is 56.6 Å². The maximum atomic E-state index is 9.40. The van der Waals surface area contributed by atoms with Gasteiger partial charge in [0.05, 0.1) is 12.7 Å². The van der Waals surface area contributed by atoms with Crippen molar-refractivity contribution in [2.24, 2.45) is 0 Å². The molecule has 1 rings (SSSR count). The first-order valence-electron chi connectivity index (χ1n) is 6.18. The second-order valence-electron chi connectivity index (χ2n) is 4.19. The van der Waals surface area contributed by atoms with Crippen molar-refractivity contribution >= 4 is 5.82 Å². The zero-order valence-electron chi connectivity index (χ0n) is 10.6. The molecule has 0 aliphatic carbocycles. The third kappa shape index (κ3) is 4.32. The second-order valence-corrected chi connectivity index (χ2v) is 4.19. The molecule has 0 aliphatic rings. The molecule has 0 spiro atoms. The monoisotopic (exact) mass is 238 g/mol. The summed E-state index contributed by atoms with van der Waals surface area (Å²) in [6.45, 7) is 5.49. The Bertz CT molecular complexity index is 312. The zero-order chi connectivity index (χ0) is 12.7. The first-order valence-corrected chi connectivity index (χ1v) is 6.18. The summed E-state index contributed by atoms with van der Waals surface area (Å²) in [5, 5.41) is 18.4. The van der Waals surface area contributed by atoms with Crippen molar-refractivity contribution in [2.75, 3.05) is 24.6 Å². The van der Waals surface area contributed by atoms with Crippen molar-refractivity contribution in [3.63, 3.8) is 0 Å². The van der Waals surface area contributed by atoms with E-state index in [1.165, 1.54) is 0 Å². The highest BCUT2D eigenvalue weighted by atomic mass is 16.3. The van der Waals surface area contributed by atoms with Gasteiger partial charge in [-0.1, -0.05) is 19.4 Å². The molecular formula is C13H22N2O2. The number of aliphatic hydroxyl groups is 2. The van der Waals surface area contributed by atoms with E-state index < -0.39 is 6.10 Å². The van der Waals surface area contributed by atoms with Crippen molar-refractivity contribution in [3.05, 3.63) is 23.9 Å². The lowest BCUT2D eigenvalue weighted by Crippen LogP contribution is -2.28. The van der Waals surface area contributed by atoms with Crippen molar-refractivity contribution < 1.29 is 10.2 Å². The first kappa shape index (κ1) is 13.9. The smallest absolute Gasteiger partial charge is 0.128 e. The van der Waals surface area contributed by atoms with Crippen molar-refractivity contribution in [1.29, 1.82) is 0 Å². The quantitative estimate of drug-likeness (QED) is 0.759. The van der Waals surface area contributed by atoms with E-state index in [1.807, 2.05) is 12.1 Å². The Morgan fingerprint density at radius 2 is 2.12 bits per heavy atom. The molecule has 1 atom stereocenters. The molecule has 0 aromatic carbocycles. The molecule has 2 N–H and O–H groups in total. The standard InChI is InChI=1S/C13H22N2O2/c1-3-4-7-15(8-9-16)13-6-5-12(10-14-13)11(2)17/h5-6,10-11,16-17H,3-4,7-9H2,1-2H3/t11-/m1/s1. The molecule has 1 aromatic heterocycles. The Kier molecular flexibility index (Phi) is 5.94. The molecule has 0 aliphatic heterocycles. The van der Waals surface area contributed by atoms with Gasteiger partial charge in [0, 0.05) is 19.3 Å². The summed E-state index contributed by atoms with van der Waals surface area (Å²) in [5.74, 6) is 0.858. The molecule has 4 nitrogen and oxygen atoms in total. The van der Waals surface area contributed by atoms with Gasteiger partial charge in [-0.25, -0.2) is 4.98 Å². The molecule has 0 amide bonds. The summed E-state index contributed by atoms with van der Waals surface area (Å²) in [5.41, 5.74) is 0.813. The lowest BCUT2D eigenvalue weighted by atomic mass is 10.2. The molecule has 0 bridgehead atoms. The predicted molar refractivity (Wildman–Crippen MR) is 69.1 cm³/mol. The van der Waals surface area contributed by atoms with Gasteiger partial charge in [0.25, 0.3) is 0 Å². The summed E-state index contributed by atoms with van der Waals surface area (Å²) < 4.78 is 0. The molecule has 0 unspecified atom stereocenters. The van der Waals surface area contributed by atoms with Crippen LogP contribution in [0.5, 0.6) is 0 Å². The molecule has 1 aromatic rings. The minimum atomic E-state index is -0.488. The van der Waals surface area contributed by atoms with E-state index in [4.69, 9.17) is 5.11 Å². The Morgan fingerprint density at radius 3 is 2.59 bits per heavy atom. The van der Waals surface area contributed by atoms with Crippen molar-refractivity contribution in [1.82, 2.24) is 4.98 Å². The average Bonchev–Trinajstić information content (AvgIpc) is 2.34. The van der Waals surface area contributed by atoms with Crippen LogP contribution in [0.4, 0.5) is 5.82 Å². The van der Waals surface area contributed by atoms with Gasteiger partial charge in [-0.3, -0.25) is 0 Å². The van der Waals surface area contributed by atoms with Gasteiger partial charge in [0.1, 0.15) is 5.82 Å². The van der Waals surface area contributed by atoms with Crippen LogP contribution in [-0.2, 0) is 0 Å². The van der Waals surface area contributed by atoms with Gasteiger partial charge in [-0.2, -0.15) is 0 Å². The minimum Gasteiger partial charge on any atom is -0.395 e. The molecular weight excluding hydrogens is 216 g/mol. The van der Waals surface area contributed by atoms with E-state index in [-0.39, 0.29) is 6.61 Å². The van der Waals surface area contributed by atoms with Gasteiger partial charge >= 0.3 is 0 Å². The molecule has 96 valence electrons. The average molecular weight is 238 g/mol. The summed E-state index contributed by atoms with van der Waals surface area (Å²) >= 11 is 0. The van der Waals surface area contributed by atoms with Crippen LogP contribution in [0.15, 0.2) is 18.3 Å². The van der Waals surface area contributed by atoms with Crippen LogP contribution in [-0.4, -0.2) is 34.9 Å². The van der Waals surface area contributed by atoms with E-state index in [0.29, 0.717) is 6.54 Å². The Hall–Kier alpha value is -1.13. The van der Waals surface area contributed by atoms with Crippen molar-refractivity contribution in [3.8, 4) is 0 Å². The lowest BCUT2D eigenvalue weighted by molar-refractivity contribution is 0.199. The van der Waals surface area contributed by atoms with E-state index in [9.17, 15) is 5.11 Å². The molecule has 1 heterocycles. The maximum absolute atomic E-state index is 9.40. The fraction of sp³-hybridized carbons (Fsp3) is 0.615. The molecule has 0 fully saturated rings. The van der Waals surface area contributed by atoms with Crippen LogP contribution < -0.4 is 4.90 Å². The second kappa shape index (κ2) is 7.25. The summed E-state index contributed by atoms with van der Waals surface area (Å²) in [7, 11) is 0. The van der Waals surface area contributed by atoms with Gasteiger partial charge < -0.3 is 15.1 Å².